The third-order valence-corrected chi connectivity index (χ3v) is 3.91. The summed E-state index contributed by atoms with van der Waals surface area (Å²) in [5, 5.41) is 3.63. The lowest BCUT2D eigenvalue weighted by molar-refractivity contribution is 0.369. The smallest absolute Gasteiger partial charge is 0.128 e. The summed E-state index contributed by atoms with van der Waals surface area (Å²) in [7, 11) is 1.73. The molecule has 1 aromatic rings. The van der Waals surface area contributed by atoms with Gasteiger partial charge in [0.1, 0.15) is 5.75 Å². The molecule has 0 saturated heterocycles. The Balaban J connectivity index is 2.00. The molecule has 1 aliphatic carbocycles. The van der Waals surface area contributed by atoms with Gasteiger partial charge in [0.2, 0.25) is 0 Å². The molecule has 3 nitrogen and oxygen atoms in total. The molecule has 0 atom stereocenters. The summed E-state index contributed by atoms with van der Waals surface area (Å²) in [6, 6.07) is 0.673. The first-order chi connectivity index (χ1) is 8.72. The van der Waals surface area contributed by atoms with Gasteiger partial charge in [0.05, 0.1) is 12.8 Å². The molecule has 0 bridgehead atoms. The fraction of sp³-hybridized carbons (Fsp3) is 0.667. The van der Waals surface area contributed by atoms with Crippen molar-refractivity contribution in [2.45, 2.75) is 58.5 Å². The number of aryl methyl sites for hydroxylation is 1. The average Bonchev–Trinajstić information content (AvgIpc) is 2.40. The van der Waals surface area contributed by atoms with Gasteiger partial charge in [-0.05, 0) is 26.7 Å². The van der Waals surface area contributed by atoms with Crippen LogP contribution in [0.2, 0.25) is 0 Å². The molecule has 0 spiro atoms. The normalized spacial score (nSPS) is 16.8. The Bertz CT molecular complexity index is 398. The van der Waals surface area contributed by atoms with E-state index in [1.807, 2.05) is 13.1 Å². The van der Waals surface area contributed by atoms with Crippen LogP contribution in [0.1, 0.15) is 48.9 Å². The molecule has 1 saturated carbocycles. The average molecular weight is 248 g/mol. The first kappa shape index (κ1) is 13.3. The Morgan fingerprint density at radius 2 is 2.00 bits per heavy atom. The molecule has 1 N–H and O–H groups in total. The van der Waals surface area contributed by atoms with Crippen LogP contribution in [0.5, 0.6) is 5.75 Å². The van der Waals surface area contributed by atoms with Crippen molar-refractivity contribution in [2.24, 2.45) is 0 Å². The topological polar surface area (TPSA) is 34.1 Å². The lowest BCUT2D eigenvalue weighted by atomic mass is 9.95. The minimum Gasteiger partial charge on any atom is -0.496 e. The van der Waals surface area contributed by atoms with Crippen molar-refractivity contribution in [3.8, 4) is 5.75 Å². The third kappa shape index (κ3) is 3.02. The highest BCUT2D eigenvalue weighted by Crippen LogP contribution is 2.24. The van der Waals surface area contributed by atoms with Gasteiger partial charge < -0.3 is 10.1 Å². The van der Waals surface area contributed by atoms with Crippen molar-refractivity contribution >= 4 is 0 Å². The zero-order valence-corrected chi connectivity index (χ0v) is 11.8. The van der Waals surface area contributed by atoms with E-state index in [9.17, 15) is 0 Å². The predicted octanol–water partition coefficient (Wildman–Crippen LogP) is 3.13. The molecule has 0 aromatic carbocycles. The van der Waals surface area contributed by atoms with Crippen molar-refractivity contribution in [1.29, 1.82) is 0 Å². The van der Waals surface area contributed by atoms with E-state index in [0.29, 0.717) is 6.04 Å². The van der Waals surface area contributed by atoms with Gasteiger partial charge in [0.15, 0.2) is 0 Å². The van der Waals surface area contributed by atoms with Crippen LogP contribution in [0.25, 0.3) is 0 Å². The molecule has 1 aromatic heterocycles. The standard InChI is InChI=1S/C15H24N2O/c1-11-9-17-14(12(2)15(11)18-3)10-16-13-7-5-4-6-8-13/h9,13,16H,4-8,10H2,1-3H3. The van der Waals surface area contributed by atoms with E-state index >= 15 is 0 Å². The van der Waals surface area contributed by atoms with Gasteiger partial charge in [-0.15, -0.1) is 0 Å². The molecule has 2 rings (SSSR count). The second kappa shape index (κ2) is 6.19. The second-order valence-electron chi connectivity index (χ2n) is 5.26. The summed E-state index contributed by atoms with van der Waals surface area (Å²) in [6.07, 6.45) is 8.64. The highest BCUT2D eigenvalue weighted by Gasteiger charge is 2.14. The van der Waals surface area contributed by atoms with Crippen molar-refractivity contribution in [2.75, 3.05) is 7.11 Å². The van der Waals surface area contributed by atoms with Crippen molar-refractivity contribution in [3.05, 3.63) is 23.0 Å². The van der Waals surface area contributed by atoms with Crippen molar-refractivity contribution in [3.63, 3.8) is 0 Å². The number of nitrogens with one attached hydrogen (secondary N) is 1. The summed E-state index contributed by atoms with van der Waals surface area (Å²) in [5.41, 5.74) is 3.39. The van der Waals surface area contributed by atoms with Gasteiger partial charge in [0.25, 0.3) is 0 Å². The maximum absolute atomic E-state index is 5.44. The van der Waals surface area contributed by atoms with Crippen LogP contribution in [0.3, 0.4) is 0 Å². The highest BCUT2D eigenvalue weighted by molar-refractivity contribution is 5.40. The monoisotopic (exact) mass is 248 g/mol. The summed E-state index contributed by atoms with van der Waals surface area (Å²) >= 11 is 0. The zero-order chi connectivity index (χ0) is 13.0. The number of hydrogen-bond donors (Lipinski definition) is 1. The van der Waals surface area contributed by atoms with Crippen LogP contribution in [-0.4, -0.2) is 18.1 Å². The molecule has 1 fully saturated rings. The molecule has 18 heavy (non-hydrogen) atoms. The Kier molecular flexibility index (Phi) is 4.59. The molecular formula is C15H24N2O. The second-order valence-corrected chi connectivity index (χ2v) is 5.26. The minimum atomic E-state index is 0.673. The predicted molar refractivity (Wildman–Crippen MR) is 74.0 cm³/mol. The molecule has 100 valence electrons. The molecule has 0 unspecified atom stereocenters. The number of hydrogen-bond acceptors (Lipinski definition) is 3. The van der Waals surface area contributed by atoms with Gasteiger partial charge in [-0.3, -0.25) is 4.98 Å². The van der Waals surface area contributed by atoms with Crippen LogP contribution in [0.15, 0.2) is 6.20 Å². The Morgan fingerprint density at radius 1 is 1.28 bits per heavy atom. The van der Waals surface area contributed by atoms with E-state index in [1.54, 1.807) is 7.11 Å². The first-order valence-corrected chi connectivity index (χ1v) is 6.95. The SMILES string of the molecule is COc1c(C)cnc(CNC2CCCCC2)c1C. The van der Waals surface area contributed by atoms with Crippen LogP contribution < -0.4 is 10.1 Å². The molecule has 1 heterocycles. The number of pyridine rings is 1. The number of methoxy groups -OCH3 is 1. The van der Waals surface area contributed by atoms with Gasteiger partial charge in [0, 0.05) is 29.9 Å². The van der Waals surface area contributed by atoms with E-state index in [1.165, 1.54) is 37.7 Å². The van der Waals surface area contributed by atoms with Crippen LogP contribution in [-0.2, 0) is 6.54 Å². The fourth-order valence-corrected chi connectivity index (χ4v) is 2.80. The van der Waals surface area contributed by atoms with Crippen LogP contribution in [0.4, 0.5) is 0 Å². The molecule has 0 aliphatic heterocycles. The van der Waals surface area contributed by atoms with Gasteiger partial charge in [-0.2, -0.15) is 0 Å². The van der Waals surface area contributed by atoms with Gasteiger partial charge in [-0.25, -0.2) is 0 Å². The maximum Gasteiger partial charge on any atom is 0.128 e. The van der Waals surface area contributed by atoms with Gasteiger partial charge in [-0.1, -0.05) is 19.3 Å². The molecule has 0 amide bonds. The molecule has 0 radical (unpaired) electrons. The quantitative estimate of drug-likeness (QED) is 0.889. The molecule has 1 aliphatic rings. The van der Waals surface area contributed by atoms with E-state index in [2.05, 4.69) is 17.2 Å². The van der Waals surface area contributed by atoms with E-state index in [0.717, 1.165) is 23.6 Å². The number of rotatable bonds is 4. The summed E-state index contributed by atoms with van der Waals surface area (Å²) in [6.45, 7) is 4.99. The number of nitrogens with zero attached hydrogens (tertiary/aromatic N) is 1. The fourth-order valence-electron chi connectivity index (χ4n) is 2.80. The number of ether oxygens (including phenoxy) is 1. The summed E-state index contributed by atoms with van der Waals surface area (Å²) in [4.78, 5) is 4.53. The lowest BCUT2D eigenvalue weighted by Gasteiger charge is -2.23. The third-order valence-electron chi connectivity index (χ3n) is 3.91. The Morgan fingerprint density at radius 3 is 2.67 bits per heavy atom. The first-order valence-electron chi connectivity index (χ1n) is 6.95. The Labute approximate surface area is 110 Å². The van der Waals surface area contributed by atoms with Crippen molar-refractivity contribution in [1.82, 2.24) is 10.3 Å². The minimum absolute atomic E-state index is 0.673. The van der Waals surface area contributed by atoms with E-state index < -0.39 is 0 Å². The largest absolute Gasteiger partial charge is 0.496 e. The van der Waals surface area contributed by atoms with E-state index in [4.69, 9.17) is 4.74 Å². The van der Waals surface area contributed by atoms with Crippen LogP contribution in [0, 0.1) is 13.8 Å². The van der Waals surface area contributed by atoms with Crippen LogP contribution >= 0.6 is 0 Å². The van der Waals surface area contributed by atoms with E-state index in [-0.39, 0.29) is 0 Å². The lowest BCUT2D eigenvalue weighted by Crippen LogP contribution is -2.31. The maximum atomic E-state index is 5.44. The summed E-state index contributed by atoms with van der Waals surface area (Å²) in [5.74, 6) is 0.977. The number of aromatic nitrogens is 1. The zero-order valence-electron chi connectivity index (χ0n) is 11.8. The molecular weight excluding hydrogens is 224 g/mol. The van der Waals surface area contributed by atoms with Gasteiger partial charge >= 0.3 is 0 Å². The summed E-state index contributed by atoms with van der Waals surface area (Å²) < 4.78 is 5.44. The highest BCUT2D eigenvalue weighted by atomic mass is 16.5. The molecule has 3 heteroatoms. The van der Waals surface area contributed by atoms with Crippen molar-refractivity contribution < 1.29 is 4.74 Å². The Hall–Kier alpha value is -1.09.